The zero-order valence-electron chi connectivity index (χ0n) is 11.6. The van der Waals surface area contributed by atoms with Crippen LogP contribution in [0.1, 0.15) is 12.8 Å². The molecule has 114 valence electrons. The van der Waals surface area contributed by atoms with E-state index in [0.29, 0.717) is 5.91 Å². The fourth-order valence-corrected chi connectivity index (χ4v) is 2.69. The highest BCUT2D eigenvalue weighted by Crippen LogP contribution is 2.30. The zero-order chi connectivity index (χ0) is 14.1. The summed E-state index contributed by atoms with van der Waals surface area (Å²) in [4.78, 5) is 25.5. The van der Waals surface area contributed by atoms with Crippen LogP contribution in [-0.2, 0) is 4.79 Å². The third-order valence-electron chi connectivity index (χ3n) is 4.09. The Balaban J connectivity index is 0.00000161. The van der Waals surface area contributed by atoms with Crippen molar-refractivity contribution in [2.45, 2.75) is 12.8 Å². The van der Waals surface area contributed by atoms with E-state index in [-0.39, 0.29) is 28.9 Å². The van der Waals surface area contributed by atoms with Crippen molar-refractivity contribution in [3.8, 4) is 0 Å². The number of amides is 1. The molecule has 1 amide bonds. The molecule has 1 heterocycles. The average Bonchev–Trinajstić information content (AvgIpc) is 3.31. The second-order valence-electron chi connectivity index (χ2n) is 5.51. The lowest BCUT2D eigenvalue weighted by Gasteiger charge is -2.32. The molecule has 1 aliphatic carbocycles. The molecule has 7 heteroatoms. The van der Waals surface area contributed by atoms with Gasteiger partial charge in [0.25, 0.3) is 5.69 Å². The minimum Gasteiger partial charge on any atom is -1.00 e. The standard InChI is InChI=1S/C14H17N3O3.ClH/c18-14(11-1-2-11)16-9-7-15(8-10-16)12-3-5-13(6-4-12)17(19)20;/h3-6,11H,1-2,7-10H2;1H. The molecular weight excluding hydrogens is 294 g/mol. The number of non-ortho nitro benzene ring substituents is 1. The van der Waals surface area contributed by atoms with Crippen LogP contribution in [0.3, 0.4) is 0 Å². The zero-order valence-corrected chi connectivity index (χ0v) is 12.4. The number of rotatable bonds is 3. The number of nitro groups is 1. The van der Waals surface area contributed by atoms with E-state index in [1.54, 1.807) is 12.1 Å². The van der Waals surface area contributed by atoms with Crippen molar-refractivity contribution in [3.05, 3.63) is 34.4 Å². The second-order valence-corrected chi connectivity index (χ2v) is 5.51. The Morgan fingerprint density at radius 3 is 2.24 bits per heavy atom. The molecule has 0 aromatic heterocycles. The van der Waals surface area contributed by atoms with Crippen molar-refractivity contribution in [1.29, 1.82) is 0 Å². The number of nitrogens with one attached hydrogen (secondary N) is 1. The molecule has 1 saturated carbocycles. The Hall–Kier alpha value is -1.66. The number of hydrogen-bond donors (Lipinski definition) is 1. The van der Waals surface area contributed by atoms with Crippen LogP contribution >= 0.6 is 0 Å². The smallest absolute Gasteiger partial charge is 0.269 e. The lowest BCUT2D eigenvalue weighted by Crippen LogP contribution is -3.10. The van der Waals surface area contributed by atoms with E-state index in [9.17, 15) is 14.9 Å². The summed E-state index contributed by atoms with van der Waals surface area (Å²) in [5.41, 5.74) is 1.19. The first kappa shape index (κ1) is 15.7. The molecule has 1 aromatic rings. The molecule has 3 rings (SSSR count). The van der Waals surface area contributed by atoms with Gasteiger partial charge in [0.2, 0.25) is 5.91 Å². The first-order valence-electron chi connectivity index (χ1n) is 7.03. The van der Waals surface area contributed by atoms with Gasteiger partial charge in [-0.1, -0.05) is 0 Å². The highest BCUT2D eigenvalue weighted by atomic mass is 35.5. The monoisotopic (exact) mass is 311 g/mol. The highest BCUT2D eigenvalue weighted by molar-refractivity contribution is 5.81. The van der Waals surface area contributed by atoms with Crippen molar-refractivity contribution in [2.24, 2.45) is 5.92 Å². The number of hydrogen-bond acceptors (Lipinski definition) is 3. The largest absolute Gasteiger partial charge is 1.00 e. The molecule has 0 unspecified atom stereocenters. The molecule has 0 atom stereocenters. The first-order chi connectivity index (χ1) is 9.65. The van der Waals surface area contributed by atoms with Crippen LogP contribution < -0.4 is 17.3 Å². The minimum atomic E-state index is -0.384. The van der Waals surface area contributed by atoms with Gasteiger partial charge in [-0.25, -0.2) is 0 Å². The molecule has 0 bridgehead atoms. The molecule has 2 fully saturated rings. The first-order valence-corrected chi connectivity index (χ1v) is 7.03. The third kappa shape index (κ3) is 3.51. The molecule has 1 N–H and O–H groups in total. The third-order valence-corrected chi connectivity index (χ3v) is 4.09. The maximum atomic E-state index is 12.0. The summed E-state index contributed by atoms with van der Waals surface area (Å²) in [6.07, 6.45) is 2.10. The van der Waals surface area contributed by atoms with E-state index in [4.69, 9.17) is 0 Å². The van der Waals surface area contributed by atoms with Gasteiger partial charge in [0, 0.05) is 30.2 Å². The SMILES string of the molecule is O=C(C1CC1)N1CC[NH+](c2ccc([N+](=O)[O-])cc2)CC1.[Cl-]. The summed E-state index contributed by atoms with van der Waals surface area (Å²) >= 11 is 0. The quantitative estimate of drug-likeness (QED) is 0.490. The average molecular weight is 312 g/mol. The summed E-state index contributed by atoms with van der Waals surface area (Å²) in [6.45, 7) is 3.30. The molecular formula is C14H18ClN3O3. The molecule has 0 spiro atoms. The second kappa shape index (κ2) is 6.41. The number of halogens is 1. The predicted octanol–water partition coefficient (Wildman–Crippen LogP) is -2.63. The number of benzene rings is 1. The van der Waals surface area contributed by atoms with Gasteiger partial charge in [0.1, 0.15) is 5.69 Å². The Labute approximate surface area is 129 Å². The number of quaternary nitrogens is 1. The van der Waals surface area contributed by atoms with Gasteiger partial charge in [-0.05, 0) is 12.8 Å². The Morgan fingerprint density at radius 1 is 1.19 bits per heavy atom. The van der Waals surface area contributed by atoms with Gasteiger partial charge >= 0.3 is 0 Å². The van der Waals surface area contributed by atoms with E-state index in [1.807, 2.05) is 17.0 Å². The molecule has 2 aliphatic rings. The van der Waals surface area contributed by atoms with Gasteiger partial charge in [-0.15, -0.1) is 0 Å². The number of nitrogens with zero attached hydrogens (tertiary/aromatic N) is 2. The summed E-state index contributed by atoms with van der Waals surface area (Å²) in [5.74, 6) is 0.601. The number of carbonyl (C=O) groups is 1. The van der Waals surface area contributed by atoms with Crippen LogP contribution in [0.25, 0.3) is 0 Å². The summed E-state index contributed by atoms with van der Waals surface area (Å²) < 4.78 is 0. The summed E-state index contributed by atoms with van der Waals surface area (Å²) in [6, 6.07) is 6.71. The summed E-state index contributed by atoms with van der Waals surface area (Å²) in [5, 5.41) is 10.6. The number of nitro benzene ring substituents is 1. The van der Waals surface area contributed by atoms with Crippen molar-refractivity contribution in [2.75, 3.05) is 26.2 Å². The van der Waals surface area contributed by atoms with E-state index in [1.165, 1.54) is 4.90 Å². The van der Waals surface area contributed by atoms with Crippen LogP contribution in [0.5, 0.6) is 0 Å². The Morgan fingerprint density at radius 2 is 1.76 bits per heavy atom. The normalized spacial score (nSPS) is 19.0. The van der Waals surface area contributed by atoms with E-state index in [0.717, 1.165) is 44.7 Å². The highest BCUT2D eigenvalue weighted by Gasteiger charge is 2.35. The minimum absolute atomic E-state index is 0. The van der Waals surface area contributed by atoms with E-state index >= 15 is 0 Å². The predicted molar refractivity (Wildman–Crippen MR) is 72.8 cm³/mol. The topological polar surface area (TPSA) is 67.9 Å². The van der Waals surface area contributed by atoms with Gasteiger partial charge in [-0.3, -0.25) is 19.8 Å². The Bertz CT molecular complexity index is 523. The molecule has 1 saturated heterocycles. The molecule has 21 heavy (non-hydrogen) atoms. The number of carbonyl (C=O) groups excluding carboxylic acids is 1. The van der Waals surface area contributed by atoms with Crippen molar-refractivity contribution in [1.82, 2.24) is 4.90 Å². The molecule has 6 nitrogen and oxygen atoms in total. The van der Waals surface area contributed by atoms with Gasteiger partial charge in [0.15, 0.2) is 0 Å². The van der Waals surface area contributed by atoms with Crippen molar-refractivity contribution < 1.29 is 27.0 Å². The Kier molecular flexibility index (Phi) is 4.80. The van der Waals surface area contributed by atoms with Gasteiger partial charge in [0.05, 0.1) is 31.1 Å². The molecule has 1 aromatic carbocycles. The van der Waals surface area contributed by atoms with Gasteiger partial charge in [-0.2, -0.15) is 0 Å². The van der Waals surface area contributed by atoms with Gasteiger partial charge < -0.3 is 17.3 Å². The van der Waals surface area contributed by atoms with E-state index < -0.39 is 0 Å². The number of piperazine rings is 1. The maximum Gasteiger partial charge on any atom is 0.269 e. The van der Waals surface area contributed by atoms with Crippen molar-refractivity contribution >= 4 is 17.3 Å². The molecule has 1 aliphatic heterocycles. The van der Waals surface area contributed by atoms with Crippen LogP contribution in [0.15, 0.2) is 24.3 Å². The molecule has 0 radical (unpaired) electrons. The fraction of sp³-hybridized carbons (Fsp3) is 0.500. The van der Waals surface area contributed by atoms with Crippen molar-refractivity contribution in [3.63, 3.8) is 0 Å². The van der Waals surface area contributed by atoms with E-state index in [2.05, 4.69) is 0 Å². The lowest BCUT2D eigenvalue weighted by atomic mass is 10.2. The van der Waals surface area contributed by atoms with Crippen LogP contribution in [-0.4, -0.2) is 41.9 Å². The fourth-order valence-electron chi connectivity index (χ4n) is 2.69. The van der Waals surface area contributed by atoms with Crippen LogP contribution in [0, 0.1) is 16.0 Å². The maximum absolute atomic E-state index is 12.0. The van der Waals surface area contributed by atoms with Crippen LogP contribution in [0.4, 0.5) is 11.4 Å². The van der Waals surface area contributed by atoms with Crippen LogP contribution in [0.2, 0.25) is 0 Å². The summed E-state index contributed by atoms with van der Waals surface area (Å²) in [7, 11) is 0. The lowest BCUT2D eigenvalue weighted by molar-refractivity contribution is -0.837.